The van der Waals surface area contributed by atoms with E-state index in [4.69, 9.17) is 4.52 Å². The lowest BCUT2D eigenvalue weighted by Crippen LogP contribution is -2.36. The summed E-state index contributed by atoms with van der Waals surface area (Å²) in [5.41, 5.74) is 4.03. The number of nitrogens with zero attached hydrogens (tertiary/aromatic N) is 5. The number of hydrogen-bond donors (Lipinski definition) is 0. The number of aryl methyl sites for hydroxylation is 1. The largest absolute Gasteiger partial charge is 0.361 e. The third-order valence-corrected chi connectivity index (χ3v) is 6.40. The number of piperidine rings is 1. The van der Waals surface area contributed by atoms with E-state index in [1.807, 2.05) is 12.1 Å². The highest BCUT2D eigenvalue weighted by atomic mass is 16.5. The number of rotatable bonds is 5. The molecule has 0 saturated carbocycles. The van der Waals surface area contributed by atoms with Crippen LogP contribution >= 0.6 is 0 Å². The molecule has 2 aliphatic rings. The van der Waals surface area contributed by atoms with Gasteiger partial charge in [-0.1, -0.05) is 5.16 Å². The lowest BCUT2D eigenvalue weighted by molar-refractivity contribution is 0.162. The molecule has 4 heterocycles. The molecule has 156 valence electrons. The molecule has 7 heteroatoms. The smallest absolute Gasteiger partial charge is 0.253 e. The van der Waals surface area contributed by atoms with Crippen LogP contribution in [0.3, 0.4) is 0 Å². The van der Waals surface area contributed by atoms with Gasteiger partial charge in [0.05, 0.1) is 12.0 Å². The van der Waals surface area contributed by atoms with Crippen LogP contribution in [0, 0.1) is 5.92 Å². The van der Waals surface area contributed by atoms with Crippen LogP contribution in [-0.2, 0) is 25.9 Å². The fourth-order valence-electron chi connectivity index (χ4n) is 4.63. The zero-order chi connectivity index (χ0) is 20.3. The SMILES string of the molecule is O=c1cc(-c2cccnc2)ncn1CC1CCN(Cc2noc3c2CCCC3)CC1. The molecule has 0 spiro atoms. The maximum absolute atomic E-state index is 12.6. The highest BCUT2D eigenvalue weighted by molar-refractivity contribution is 5.56. The van der Waals surface area contributed by atoms with Gasteiger partial charge in [0.2, 0.25) is 0 Å². The van der Waals surface area contributed by atoms with Gasteiger partial charge in [-0.25, -0.2) is 4.98 Å². The molecule has 30 heavy (non-hydrogen) atoms. The third-order valence-electron chi connectivity index (χ3n) is 6.40. The zero-order valence-corrected chi connectivity index (χ0v) is 17.2. The van der Waals surface area contributed by atoms with Crippen molar-refractivity contribution in [1.29, 1.82) is 0 Å². The molecule has 0 radical (unpaired) electrons. The summed E-state index contributed by atoms with van der Waals surface area (Å²) in [4.78, 5) is 23.6. The first-order chi connectivity index (χ1) is 14.8. The van der Waals surface area contributed by atoms with Crippen molar-refractivity contribution in [1.82, 2.24) is 24.6 Å². The van der Waals surface area contributed by atoms with Crippen LogP contribution < -0.4 is 5.56 Å². The van der Waals surface area contributed by atoms with Gasteiger partial charge >= 0.3 is 0 Å². The van der Waals surface area contributed by atoms with Gasteiger partial charge in [-0.2, -0.15) is 0 Å². The minimum atomic E-state index is 0.000470. The van der Waals surface area contributed by atoms with Crippen LogP contribution in [0.2, 0.25) is 0 Å². The Bertz CT molecular complexity index is 1050. The average Bonchev–Trinajstić information content (AvgIpc) is 3.20. The predicted octanol–water partition coefficient (Wildman–Crippen LogP) is 3.08. The van der Waals surface area contributed by atoms with Gasteiger partial charge in [-0.15, -0.1) is 0 Å². The molecular weight excluding hydrogens is 378 g/mol. The first-order valence-electron chi connectivity index (χ1n) is 10.9. The summed E-state index contributed by atoms with van der Waals surface area (Å²) in [6, 6.07) is 5.38. The molecular formula is C23H27N5O2. The van der Waals surface area contributed by atoms with E-state index in [1.165, 1.54) is 18.4 Å². The van der Waals surface area contributed by atoms with Crippen molar-refractivity contribution in [3.8, 4) is 11.3 Å². The second-order valence-corrected chi connectivity index (χ2v) is 8.46. The molecule has 0 N–H and O–H groups in total. The lowest BCUT2D eigenvalue weighted by atomic mass is 9.94. The summed E-state index contributed by atoms with van der Waals surface area (Å²) in [5, 5.41) is 4.35. The van der Waals surface area contributed by atoms with Gasteiger partial charge in [-0.05, 0) is 63.2 Å². The van der Waals surface area contributed by atoms with E-state index in [9.17, 15) is 4.79 Å². The second-order valence-electron chi connectivity index (χ2n) is 8.46. The van der Waals surface area contributed by atoms with Gasteiger partial charge < -0.3 is 4.52 Å². The number of hydrogen-bond acceptors (Lipinski definition) is 6. The maximum Gasteiger partial charge on any atom is 0.253 e. The molecule has 5 rings (SSSR count). The fourth-order valence-corrected chi connectivity index (χ4v) is 4.63. The quantitative estimate of drug-likeness (QED) is 0.649. The van der Waals surface area contributed by atoms with Gasteiger partial charge in [-0.3, -0.25) is 19.2 Å². The lowest BCUT2D eigenvalue weighted by Gasteiger charge is -2.31. The van der Waals surface area contributed by atoms with Crippen LogP contribution in [0.25, 0.3) is 11.3 Å². The molecule has 0 atom stereocenters. The topological polar surface area (TPSA) is 77.1 Å². The van der Waals surface area contributed by atoms with Crippen molar-refractivity contribution in [2.24, 2.45) is 5.92 Å². The van der Waals surface area contributed by atoms with Gasteiger partial charge in [0.1, 0.15) is 11.5 Å². The molecule has 3 aromatic rings. The molecule has 0 aromatic carbocycles. The molecule has 0 bridgehead atoms. The van der Waals surface area contributed by atoms with Gasteiger partial charge in [0, 0.05) is 49.1 Å². The van der Waals surface area contributed by atoms with Gasteiger partial charge in [0.15, 0.2) is 0 Å². The van der Waals surface area contributed by atoms with E-state index >= 15 is 0 Å². The Morgan fingerprint density at radius 2 is 2.03 bits per heavy atom. The van der Waals surface area contributed by atoms with E-state index in [0.717, 1.165) is 68.9 Å². The normalized spacial score (nSPS) is 17.7. The zero-order valence-electron chi connectivity index (χ0n) is 17.2. The number of aromatic nitrogens is 4. The standard InChI is InChI=1S/C23H27N5O2/c29-23-12-20(18-4-3-9-24-13-18)25-16-28(23)14-17-7-10-27(11-8-17)15-21-19-5-1-2-6-22(19)30-26-21/h3-4,9,12-13,16-17H,1-2,5-8,10-11,14-15H2. The molecule has 1 saturated heterocycles. The Hall–Kier alpha value is -2.80. The van der Waals surface area contributed by atoms with E-state index < -0.39 is 0 Å². The van der Waals surface area contributed by atoms with Crippen molar-refractivity contribution in [3.63, 3.8) is 0 Å². The molecule has 3 aromatic heterocycles. The van der Waals surface area contributed by atoms with Crippen LogP contribution in [-0.4, -0.2) is 37.7 Å². The van der Waals surface area contributed by atoms with Crippen LogP contribution in [0.1, 0.15) is 42.7 Å². The minimum Gasteiger partial charge on any atom is -0.361 e. The van der Waals surface area contributed by atoms with Crippen molar-refractivity contribution < 1.29 is 4.52 Å². The van der Waals surface area contributed by atoms with Crippen molar-refractivity contribution in [2.75, 3.05) is 13.1 Å². The molecule has 1 aliphatic heterocycles. The van der Waals surface area contributed by atoms with Crippen molar-refractivity contribution in [3.05, 3.63) is 64.3 Å². The fraction of sp³-hybridized carbons (Fsp3) is 0.478. The van der Waals surface area contributed by atoms with Crippen molar-refractivity contribution >= 4 is 0 Å². The Morgan fingerprint density at radius 1 is 1.17 bits per heavy atom. The van der Waals surface area contributed by atoms with E-state index in [0.29, 0.717) is 11.6 Å². The Balaban J connectivity index is 1.18. The summed E-state index contributed by atoms with van der Waals surface area (Å²) in [5.74, 6) is 1.60. The first kappa shape index (κ1) is 19.2. The monoisotopic (exact) mass is 405 g/mol. The highest BCUT2D eigenvalue weighted by Gasteiger charge is 2.24. The van der Waals surface area contributed by atoms with Crippen LogP contribution in [0.15, 0.2) is 46.2 Å². The minimum absolute atomic E-state index is 0.000470. The summed E-state index contributed by atoms with van der Waals surface area (Å²) in [6.45, 7) is 3.67. The first-order valence-corrected chi connectivity index (χ1v) is 10.9. The maximum atomic E-state index is 12.6. The summed E-state index contributed by atoms with van der Waals surface area (Å²) in [7, 11) is 0. The van der Waals surface area contributed by atoms with E-state index in [2.05, 4.69) is 20.0 Å². The average molecular weight is 406 g/mol. The Kier molecular flexibility index (Phi) is 5.45. The van der Waals surface area contributed by atoms with Crippen LogP contribution in [0.5, 0.6) is 0 Å². The molecule has 1 fully saturated rings. The molecule has 7 nitrogen and oxygen atoms in total. The van der Waals surface area contributed by atoms with E-state index in [1.54, 1.807) is 29.4 Å². The number of likely N-dealkylation sites (tertiary alicyclic amines) is 1. The number of fused-ring (bicyclic) bond motifs is 1. The molecule has 1 aliphatic carbocycles. The second kappa shape index (κ2) is 8.52. The summed E-state index contributed by atoms with van der Waals surface area (Å²) < 4.78 is 7.30. The summed E-state index contributed by atoms with van der Waals surface area (Å²) >= 11 is 0. The predicted molar refractivity (Wildman–Crippen MR) is 113 cm³/mol. The number of pyridine rings is 1. The van der Waals surface area contributed by atoms with E-state index in [-0.39, 0.29) is 5.56 Å². The van der Waals surface area contributed by atoms with Crippen molar-refractivity contribution in [2.45, 2.75) is 51.6 Å². The Morgan fingerprint density at radius 3 is 2.83 bits per heavy atom. The molecule has 0 amide bonds. The van der Waals surface area contributed by atoms with Gasteiger partial charge in [0.25, 0.3) is 5.56 Å². The molecule has 0 unspecified atom stereocenters. The van der Waals surface area contributed by atoms with Crippen LogP contribution in [0.4, 0.5) is 0 Å². The third kappa shape index (κ3) is 4.07. The Labute approximate surface area is 175 Å². The highest BCUT2D eigenvalue weighted by Crippen LogP contribution is 2.27. The summed E-state index contributed by atoms with van der Waals surface area (Å²) in [6.07, 6.45) is 11.9.